The van der Waals surface area contributed by atoms with Crippen molar-refractivity contribution >= 4 is 17.3 Å². The summed E-state index contributed by atoms with van der Waals surface area (Å²) in [7, 11) is 0. The monoisotopic (exact) mass is 526 g/mol. The average Bonchev–Trinajstić information content (AvgIpc) is 3.62. The number of nitrogens with zero attached hydrogens (tertiary/aromatic N) is 1. The van der Waals surface area contributed by atoms with E-state index in [0.29, 0.717) is 11.8 Å². The van der Waals surface area contributed by atoms with Crippen molar-refractivity contribution in [1.82, 2.24) is 0 Å². The van der Waals surface area contributed by atoms with Crippen molar-refractivity contribution in [3.05, 3.63) is 143 Å². The first-order valence-electron chi connectivity index (χ1n) is 14.4. The number of para-hydroxylation sites is 1. The number of nitrogens with one attached hydrogen (secondary N) is 1. The maximum atomic E-state index is 14.5. The van der Waals surface area contributed by atoms with Gasteiger partial charge in [0.25, 0.3) is 5.91 Å². The lowest BCUT2D eigenvalue weighted by atomic mass is 9.76. The molecule has 0 radical (unpaired) electrons. The van der Waals surface area contributed by atoms with Crippen molar-refractivity contribution in [3.63, 3.8) is 0 Å². The van der Waals surface area contributed by atoms with Gasteiger partial charge in [-0.3, -0.25) is 9.63 Å². The highest BCUT2D eigenvalue weighted by atomic mass is 16.7. The summed E-state index contributed by atoms with van der Waals surface area (Å²) < 4.78 is 0. The molecule has 3 fully saturated rings. The molecule has 1 aliphatic heterocycles. The molecular formula is C36H34N2O2. The highest BCUT2D eigenvalue weighted by molar-refractivity contribution is 6.00. The van der Waals surface area contributed by atoms with Crippen LogP contribution in [0.25, 0.3) is 0 Å². The number of amides is 1. The van der Waals surface area contributed by atoms with Gasteiger partial charge in [-0.1, -0.05) is 115 Å². The van der Waals surface area contributed by atoms with Crippen LogP contribution < -0.4 is 10.4 Å². The van der Waals surface area contributed by atoms with Crippen LogP contribution >= 0.6 is 0 Å². The van der Waals surface area contributed by atoms with Crippen molar-refractivity contribution < 1.29 is 9.63 Å². The van der Waals surface area contributed by atoms with E-state index in [2.05, 4.69) is 85.0 Å². The molecule has 4 aromatic carbocycles. The Morgan fingerprint density at radius 3 is 1.82 bits per heavy atom. The molecule has 1 saturated heterocycles. The summed E-state index contributed by atoms with van der Waals surface area (Å²) >= 11 is 0. The summed E-state index contributed by atoms with van der Waals surface area (Å²) in [6.07, 6.45) is 4.84. The molecule has 2 saturated carbocycles. The molecule has 0 bridgehead atoms. The molecule has 2 aliphatic carbocycles. The van der Waals surface area contributed by atoms with Gasteiger partial charge in [-0.15, -0.1) is 0 Å². The van der Waals surface area contributed by atoms with E-state index in [4.69, 9.17) is 4.84 Å². The number of carbonyl (C=O) groups is 1. The van der Waals surface area contributed by atoms with Crippen molar-refractivity contribution in [2.24, 2.45) is 11.8 Å². The lowest BCUT2D eigenvalue weighted by Gasteiger charge is -2.31. The van der Waals surface area contributed by atoms with Gasteiger partial charge >= 0.3 is 0 Å². The van der Waals surface area contributed by atoms with Crippen LogP contribution in [0.5, 0.6) is 0 Å². The Balaban J connectivity index is 1.49. The molecule has 0 unspecified atom stereocenters. The number of aryl methyl sites for hydroxylation is 1. The van der Waals surface area contributed by atoms with E-state index in [1.54, 1.807) is 0 Å². The maximum Gasteiger partial charge on any atom is 0.254 e. The van der Waals surface area contributed by atoms with Gasteiger partial charge in [0, 0.05) is 11.3 Å². The first kappa shape index (κ1) is 24.9. The molecule has 1 heterocycles. The summed E-state index contributed by atoms with van der Waals surface area (Å²) in [4.78, 5) is 21.8. The molecular weight excluding hydrogens is 492 g/mol. The molecule has 7 rings (SSSR count). The van der Waals surface area contributed by atoms with Gasteiger partial charge in [0.05, 0.1) is 5.69 Å². The number of carbonyl (C=O) groups excluding carboxylic acids is 1. The fourth-order valence-corrected chi connectivity index (χ4v) is 6.93. The second-order valence-electron chi connectivity index (χ2n) is 11.3. The Morgan fingerprint density at radius 1 is 0.750 bits per heavy atom. The quantitative estimate of drug-likeness (QED) is 0.270. The van der Waals surface area contributed by atoms with E-state index in [9.17, 15) is 4.79 Å². The van der Waals surface area contributed by atoms with Crippen molar-refractivity contribution in [1.29, 1.82) is 0 Å². The molecule has 4 nitrogen and oxygen atoms in total. The van der Waals surface area contributed by atoms with Crippen LogP contribution in [0.1, 0.15) is 42.4 Å². The number of rotatable bonds is 5. The predicted octanol–water partition coefficient (Wildman–Crippen LogP) is 7.81. The molecule has 4 aromatic rings. The summed E-state index contributed by atoms with van der Waals surface area (Å²) in [5.41, 5.74) is 6.50. The molecule has 4 heteroatoms. The van der Waals surface area contributed by atoms with E-state index in [1.165, 1.54) is 31.3 Å². The second kappa shape index (κ2) is 10.1. The maximum absolute atomic E-state index is 14.5. The predicted molar refractivity (Wildman–Crippen MR) is 160 cm³/mol. The first-order valence-corrected chi connectivity index (χ1v) is 14.4. The van der Waals surface area contributed by atoms with Crippen LogP contribution in [0.15, 0.2) is 126 Å². The Bertz CT molecular complexity index is 1480. The third-order valence-corrected chi connectivity index (χ3v) is 8.83. The topological polar surface area (TPSA) is 41.6 Å². The Labute approximate surface area is 236 Å². The third kappa shape index (κ3) is 4.15. The molecule has 1 N–H and O–H groups in total. The summed E-state index contributed by atoms with van der Waals surface area (Å²) in [5, 5.41) is 5.11. The molecule has 0 aromatic heterocycles. The number of hydrogen-bond acceptors (Lipinski definition) is 3. The zero-order valence-corrected chi connectivity index (χ0v) is 22.8. The van der Waals surface area contributed by atoms with Gasteiger partial charge in [-0.25, -0.2) is 5.06 Å². The highest BCUT2D eigenvalue weighted by Crippen LogP contribution is 2.63. The highest BCUT2D eigenvalue weighted by Gasteiger charge is 2.61. The van der Waals surface area contributed by atoms with E-state index in [1.807, 2.05) is 47.5 Å². The van der Waals surface area contributed by atoms with Gasteiger partial charge in [0.1, 0.15) is 0 Å². The van der Waals surface area contributed by atoms with E-state index < -0.39 is 11.6 Å². The number of hydrogen-bond donors (Lipinski definition) is 1. The average molecular weight is 527 g/mol. The van der Waals surface area contributed by atoms with Gasteiger partial charge in [0.2, 0.25) is 0 Å². The van der Waals surface area contributed by atoms with Crippen molar-refractivity contribution in [2.75, 3.05) is 10.4 Å². The lowest BCUT2D eigenvalue weighted by Crippen LogP contribution is -2.40. The smallest absolute Gasteiger partial charge is 0.254 e. The zero-order valence-electron chi connectivity index (χ0n) is 22.8. The minimum atomic E-state index is -0.918. The number of allylic oxidation sites excluding steroid dienone is 1. The van der Waals surface area contributed by atoms with Crippen LogP contribution in [0.4, 0.5) is 11.4 Å². The number of hydroxylamine groups is 1. The fourth-order valence-electron chi connectivity index (χ4n) is 6.93. The van der Waals surface area contributed by atoms with Gasteiger partial charge in [-0.2, -0.15) is 0 Å². The molecule has 1 amide bonds. The van der Waals surface area contributed by atoms with Crippen LogP contribution in [-0.4, -0.2) is 11.9 Å². The summed E-state index contributed by atoms with van der Waals surface area (Å²) in [5.74, 6) is 0.958. The number of anilines is 2. The summed E-state index contributed by atoms with van der Waals surface area (Å²) in [6, 6.07) is 38.3. The second-order valence-corrected chi connectivity index (χ2v) is 11.3. The molecule has 40 heavy (non-hydrogen) atoms. The zero-order chi connectivity index (χ0) is 27.1. The molecule has 0 spiro atoms. The van der Waals surface area contributed by atoms with E-state index >= 15 is 0 Å². The van der Waals surface area contributed by atoms with Gasteiger partial charge in [-0.05, 0) is 67.0 Å². The van der Waals surface area contributed by atoms with Crippen LogP contribution in [0, 0.1) is 18.8 Å². The Hall–Kier alpha value is -4.15. The number of fused-ring (bicyclic) bond motifs is 1. The first-order chi connectivity index (χ1) is 19.7. The Kier molecular flexibility index (Phi) is 6.28. The van der Waals surface area contributed by atoms with E-state index in [0.717, 1.165) is 33.6 Å². The van der Waals surface area contributed by atoms with Crippen molar-refractivity contribution in [3.8, 4) is 0 Å². The third-order valence-electron chi connectivity index (χ3n) is 8.83. The van der Waals surface area contributed by atoms with Gasteiger partial charge in [0.15, 0.2) is 11.6 Å². The Morgan fingerprint density at radius 2 is 1.27 bits per heavy atom. The lowest BCUT2D eigenvalue weighted by molar-refractivity contribution is -0.117. The van der Waals surface area contributed by atoms with Gasteiger partial charge < -0.3 is 5.32 Å². The largest absolute Gasteiger partial charge is 0.324 e. The summed E-state index contributed by atoms with van der Waals surface area (Å²) in [6.45, 7) is 2.08. The van der Waals surface area contributed by atoms with Crippen LogP contribution in [0.3, 0.4) is 0 Å². The minimum Gasteiger partial charge on any atom is -0.324 e. The molecule has 3 atom stereocenters. The van der Waals surface area contributed by atoms with Crippen molar-refractivity contribution in [2.45, 2.75) is 44.2 Å². The van der Waals surface area contributed by atoms with Crippen LogP contribution in [0.2, 0.25) is 0 Å². The standard InChI is InChI=1S/C36H34N2O2/c1-25-21-23-29(24-22-25)38-34(35(39)37-28-17-9-4-10-18-28)33(32-30-19-11-12-20-31(30)32)36(40-38,26-13-5-2-6-14-26)27-15-7-3-8-16-27/h2-10,13-18,21-24,30-31,34H,11-12,19-20H2,1H3,(H,37,39)/t30-,31+,34-/m1/s1. The fraction of sp³-hybridized carbons (Fsp3) is 0.250. The number of benzene rings is 4. The molecule has 3 aliphatic rings. The van der Waals surface area contributed by atoms with Crippen LogP contribution in [-0.2, 0) is 15.2 Å². The van der Waals surface area contributed by atoms with E-state index in [-0.39, 0.29) is 5.91 Å². The molecule has 200 valence electrons. The normalized spacial score (nSPS) is 24.8. The SMILES string of the molecule is Cc1ccc(N2OC(c3ccccc3)(c3ccccc3)C(=C3[C@H]4CCCC[C@@H]34)[C@@H]2C(=O)Nc2ccccc2)cc1. The minimum absolute atomic E-state index is 0.0772.